The first-order valence-electron chi connectivity index (χ1n) is 8.18. The van der Waals surface area contributed by atoms with E-state index >= 15 is 0 Å². The molecule has 0 aromatic carbocycles. The lowest BCUT2D eigenvalue weighted by Gasteiger charge is -2.46. The van der Waals surface area contributed by atoms with Crippen LogP contribution >= 0.6 is 0 Å². The van der Waals surface area contributed by atoms with E-state index in [9.17, 15) is 9.59 Å². The van der Waals surface area contributed by atoms with Crippen LogP contribution in [0.4, 0.5) is 0 Å². The van der Waals surface area contributed by atoms with Gasteiger partial charge in [-0.2, -0.15) is 0 Å². The molecule has 2 aliphatic rings. The van der Waals surface area contributed by atoms with Crippen molar-refractivity contribution < 1.29 is 19.1 Å². The van der Waals surface area contributed by atoms with Crippen LogP contribution in [0.3, 0.4) is 0 Å². The van der Waals surface area contributed by atoms with E-state index in [0.29, 0.717) is 13.0 Å². The van der Waals surface area contributed by atoms with Gasteiger partial charge in [-0.25, -0.2) is 0 Å². The van der Waals surface area contributed by atoms with Gasteiger partial charge in [0.05, 0.1) is 13.2 Å². The molecule has 0 amide bonds. The summed E-state index contributed by atoms with van der Waals surface area (Å²) in [4.78, 5) is 24.7. The number of rotatable bonds is 4. The van der Waals surface area contributed by atoms with E-state index in [1.807, 2.05) is 0 Å². The first kappa shape index (κ1) is 16.3. The zero-order chi connectivity index (χ0) is 15.3. The highest BCUT2D eigenvalue weighted by molar-refractivity contribution is 6.00. The molecule has 0 aromatic rings. The van der Waals surface area contributed by atoms with E-state index in [0.717, 1.165) is 19.3 Å². The molecule has 1 heterocycles. The van der Waals surface area contributed by atoms with Gasteiger partial charge in [-0.15, -0.1) is 0 Å². The Hall–Kier alpha value is -1.10. The normalized spacial score (nSPS) is 23.5. The number of ether oxygens (including phenoxy) is 2. The summed E-state index contributed by atoms with van der Waals surface area (Å²) in [6, 6.07) is 0. The largest absolute Gasteiger partial charge is 0.465 e. The smallest absolute Gasteiger partial charge is 0.324 e. The molecule has 2 rings (SSSR count). The second-order valence-electron chi connectivity index (χ2n) is 6.22. The zero-order valence-electron chi connectivity index (χ0n) is 13.2. The lowest BCUT2D eigenvalue weighted by Crippen LogP contribution is -2.61. The fraction of sp³-hybridized carbons (Fsp3) is 0.875. The van der Waals surface area contributed by atoms with Gasteiger partial charge in [0.25, 0.3) is 0 Å². The molecule has 1 spiro atoms. The van der Waals surface area contributed by atoms with Gasteiger partial charge < -0.3 is 14.8 Å². The van der Waals surface area contributed by atoms with Crippen LogP contribution in [0.5, 0.6) is 0 Å². The second kappa shape index (κ2) is 6.77. The number of carbonyl (C=O) groups excluding carboxylic acids is 2. The Kier molecular flexibility index (Phi) is 5.25. The van der Waals surface area contributed by atoms with Crippen molar-refractivity contribution in [1.29, 1.82) is 0 Å². The predicted octanol–water partition coefficient (Wildman–Crippen LogP) is 2.19. The van der Waals surface area contributed by atoms with Gasteiger partial charge in [-0.1, -0.05) is 19.3 Å². The minimum Gasteiger partial charge on any atom is -0.465 e. The Morgan fingerprint density at radius 1 is 0.905 bits per heavy atom. The average Bonchev–Trinajstić information content (AvgIpc) is 2.49. The summed E-state index contributed by atoms with van der Waals surface area (Å²) < 4.78 is 10.3. The minimum atomic E-state index is -1.16. The van der Waals surface area contributed by atoms with Crippen LogP contribution in [0.15, 0.2) is 0 Å². The van der Waals surface area contributed by atoms with E-state index in [4.69, 9.17) is 9.47 Å². The maximum absolute atomic E-state index is 12.3. The molecule has 1 saturated carbocycles. The molecule has 1 aliphatic heterocycles. The summed E-state index contributed by atoms with van der Waals surface area (Å²) in [5, 5.41) is 3.50. The van der Waals surface area contributed by atoms with E-state index < -0.39 is 17.4 Å². The lowest BCUT2D eigenvalue weighted by atomic mass is 9.69. The van der Waals surface area contributed by atoms with Crippen LogP contribution in [0, 0.1) is 5.41 Å². The highest BCUT2D eigenvalue weighted by atomic mass is 16.6. The molecule has 0 radical (unpaired) electrons. The number of carbonyl (C=O) groups is 2. The Morgan fingerprint density at radius 3 is 1.90 bits per heavy atom. The summed E-state index contributed by atoms with van der Waals surface area (Å²) in [7, 11) is 0. The third-order valence-corrected chi connectivity index (χ3v) is 4.94. The molecule has 1 N–H and O–H groups in total. The number of nitrogens with one attached hydrogen (secondary N) is 1. The summed E-state index contributed by atoms with van der Waals surface area (Å²) in [6.45, 7) is 4.42. The quantitative estimate of drug-likeness (QED) is 0.636. The van der Waals surface area contributed by atoms with Crippen molar-refractivity contribution in [3.8, 4) is 0 Å². The molecule has 1 aliphatic carbocycles. The van der Waals surface area contributed by atoms with Gasteiger partial charge in [-0.3, -0.25) is 9.59 Å². The highest BCUT2D eigenvalue weighted by Gasteiger charge is 2.54. The van der Waals surface area contributed by atoms with Crippen molar-refractivity contribution in [2.75, 3.05) is 19.8 Å². The average molecular weight is 297 g/mol. The lowest BCUT2D eigenvalue weighted by molar-refractivity contribution is -0.175. The van der Waals surface area contributed by atoms with Crippen molar-refractivity contribution >= 4 is 11.9 Å². The maximum atomic E-state index is 12.3. The van der Waals surface area contributed by atoms with E-state index in [1.165, 1.54) is 19.3 Å². The maximum Gasteiger partial charge on any atom is 0.324 e. The Balaban J connectivity index is 2.12. The van der Waals surface area contributed by atoms with Gasteiger partial charge in [0.1, 0.15) is 0 Å². The van der Waals surface area contributed by atoms with Crippen LogP contribution in [0.1, 0.15) is 58.8 Å². The van der Waals surface area contributed by atoms with E-state index in [-0.39, 0.29) is 18.8 Å². The minimum absolute atomic E-state index is 0.112. The summed E-state index contributed by atoms with van der Waals surface area (Å²) in [6.07, 6.45) is 7.35. The second-order valence-corrected chi connectivity index (χ2v) is 6.22. The third-order valence-electron chi connectivity index (χ3n) is 4.94. The van der Waals surface area contributed by atoms with E-state index in [1.54, 1.807) is 13.8 Å². The molecule has 5 heteroatoms. The van der Waals surface area contributed by atoms with Crippen LogP contribution in [-0.2, 0) is 19.1 Å². The van der Waals surface area contributed by atoms with Crippen molar-refractivity contribution in [2.45, 2.75) is 64.3 Å². The molecular weight excluding hydrogens is 270 g/mol. The van der Waals surface area contributed by atoms with Gasteiger partial charge in [0.2, 0.25) is 0 Å². The zero-order valence-corrected chi connectivity index (χ0v) is 13.2. The topological polar surface area (TPSA) is 64.6 Å². The van der Waals surface area contributed by atoms with Gasteiger partial charge in [0.15, 0.2) is 5.41 Å². The van der Waals surface area contributed by atoms with Crippen molar-refractivity contribution in [2.24, 2.45) is 5.41 Å². The Morgan fingerprint density at radius 2 is 1.48 bits per heavy atom. The van der Waals surface area contributed by atoms with E-state index in [2.05, 4.69) is 5.32 Å². The first-order valence-corrected chi connectivity index (χ1v) is 8.18. The fourth-order valence-corrected chi connectivity index (χ4v) is 3.59. The number of piperidine rings is 1. The third kappa shape index (κ3) is 3.23. The molecule has 21 heavy (non-hydrogen) atoms. The molecule has 120 valence electrons. The molecule has 0 unspecified atom stereocenters. The van der Waals surface area contributed by atoms with Gasteiger partial charge in [0, 0.05) is 12.1 Å². The van der Waals surface area contributed by atoms with Crippen molar-refractivity contribution in [3.05, 3.63) is 0 Å². The number of hydrogen-bond acceptors (Lipinski definition) is 5. The summed E-state index contributed by atoms with van der Waals surface area (Å²) in [5.41, 5.74) is -1.05. The SMILES string of the molecule is CCOC(=O)C1(C(=O)OCC)CCC2(CCCCC2)NC1. The summed E-state index contributed by atoms with van der Waals surface area (Å²) >= 11 is 0. The highest BCUT2D eigenvalue weighted by Crippen LogP contribution is 2.41. The molecule has 0 aromatic heterocycles. The summed E-state index contributed by atoms with van der Waals surface area (Å²) in [5.74, 6) is -0.886. The Labute approximate surface area is 126 Å². The predicted molar refractivity (Wildman–Crippen MR) is 78.8 cm³/mol. The molecule has 5 nitrogen and oxygen atoms in total. The molecule has 1 saturated heterocycles. The number of hydrogen-bond donors (Lipinski definition) is 1. The first-order chi connectivity index (χ1) is 10.1. The van der Waals surface area contributed by atoms with Crippen LogP contribution in [0.2, 0.25) is 0 Å². The van der Waals surface area contributed by atoms with Crippen LogP contribution < -0.4 is 5.32 Å². The number of esters is 2. The standard InChI is InChI=1S/C16H27NO4/c1-3-20-13(18)16(14(19)21-4-2)11-10-15(17-12-16)8-6-5-7-9-15/h17H,3-12H2,1-2H3. The Bertz CT molecular complexity index is 358. The molecule has 0 atom stereocenters. The van der Waals surface area contributed by atoms with Crippen molar-refractivity contribution in [3.63, 3.8) is 0 Å². The van der Waals surface area contributed by atoms with Gasteiger partial charge >= 0.3 is 11.9 Å². The molecular formula is C16H27NO4. The van der Waals surface area contributed by atoms with Crippen molar-refractivity contribution in [1.82, 2.24) is 5.32 Å². The fourth-order valence-electron chi connectivity index (χ4n) is 3.59. The monoisotopic (exact) mass is 297 g/mol. The van der Waals surface area contributed by atoms with Gasteiger partial charge in [-0.05, 0) is 39.5 Å². The molecule has 2 fully saturated rings. The van der Waals surface area contributed by atoms with Crippen LogP contribution in [0.25, 0.3) is 0 Å². The van der Waals surface area contributed by atoms with Crippen LogP contribution in [-0.4, -0.2) is 37.2 Å². The molecule has 0 bridgehead atoms.